The van der Waals surface area contributed by atoms with Gasteiger partial charge in [-0.05, 0) is 17.7 Å². The van der Waals surface area contributed by atoms with Crippen LogP contribution < -0.4 is 5.32 Å². The van der Waals surface area contributed by atoms with Gasteiger partial charge in [0.15, 0.2) is 0 Å². The molecule has 0 aliphatic carbocycles. The lowest BCUT2D eigenvalue weighted by atomic mass is 9.96. The average molecular weight is 355 g/mol. The number of carboxylic acid groups (broad SMARTS) is 1. The summed E-state index contributed by atoms with van der Waals surface area (Å²) in [7, 11) is 0. The van der Waals surface area contributed by atoms with E-state index < -0.39 is 17.9 Å². The first kappa shape index (κ1) is 20.0. The SMILES string of the molecule is CC(C)(C)C(=O)NCCC(=O)N(CC(=O)O)Cc1ccc(Cl)cc1. The van der Waals surface area contributed by atoms with Gasteiger partial charge in [0, 0.05) is 29.9 Å². The second kappa shape index (κ2) is 8.68. The van der Waals surface area contributed by atoms with Crippen molar-refractivity contribution in [2.75, 3.05) is 13.1 Å². The highest BCUT2D eigenvalue weighted by Crippen LogP contribution is 2.13. The Kier molecular flexibility index (Phi) is 7.22. The van der Waals surface area contributed by atoms with Crippen LogP contribution in [0, 0.1) is 5.41 Å². The Morgan fingerprint density at radius 3 is 2.25 bits per heavy atom. The van der Waals surface area contributed by atoms with Gasteiger partial charge in [-0.15, -0.1) is 0 Å². The summed E-state index contributed by atoms with van der Waals surface area (Å²) in [6.07, 6.45) is 0.0443. The van der Waals surface area contributed by atoms with Gasteiger partial charge in [-0.1, -0.05) is 44.5 Å². The molecule has 1 aromatic rings. The molecule has 1 aromatic carbocycles. The van der Waals surface area contributed by atoms with Crippen LogP contribution in [0.3, 0.4) is 0 Å². The van der Waals surface area contributed by atoms with Crippen LogP contribution in [0.5, 0.6) is 0 Å². The summed E-state index contributed by atoms with van der Waals surface area (Å²) in [6.45, 7) is 5.29. The van der Waals surface area contributed by atoms with Gasteiger partial charge in [0.25, 0.3) is 0 Å². The smallest absolute Gasteiger partial charge is 0.323 e. The Labute approximate surface area is 146 Å². The van der Waals surface area contributed by atoms with Crippen LogP contribution in [0.4, 0.5) is 0 Å². The topological polar surface area (TPSA) is 86.7 Å². The largest absolute Gasteiger partial charge is 0.480 e. The number of carbonyl (C=O) groups is 3. The number of carbonyl (C=O) groups excluding carboxylic acids is 2. The molecule has 0 aromatic heterocycles. The molecule has 0 atom stereocenters. The summed E-state index contributed by atoms with van der Waals surface area (Å²) in [6, 6.07) is 6.85. The van der Waals surface area contributed by atoms with Crippen LogP contribution >= 0.6 is 11.6 Å². The Bertz CT molecular complexity index is 594. The fourth-order valence-corrected chi connectivity index (χ4v) is 2.04. The van der Waals surface area contributed by atoms with Crippen molar-refractivity contribution in [2.45, 2.75) is 33.7 Å². The van der Waals surface area contributed by atoms with Gasteiger partial charge < -0.3 is 15.3 Å². The quantitative estimate of drug-likeness (QED) is 0.786. The molecule has 0 spiro atoms. The van der Waals surface area contributed by atoms with Gasteiger partial charge in [-0.2, -0.15) is 0 Å². The lowest BCUT2D eigenvalue weighted by molar-refractivity contribution is -0.145. The van der Waals surface area contributed by atoms with E-state index in [9.17, 15) is 14.4 Å². The number of aliphatic carboxylic acids is 1. The van der Waals surface area contributed by atoms with Gasteiger partial charge >= 0.3 is 5.97 Å². The first-order valence-corrected chi connectivity index (χ1v) is 7.99. The van der Waals surface area contributed by atoms with Crippen molar-refractivity contribution in [1.29, 1.82) is 0 Å². The molecule has 0 heterocycles. The van der Waals surface area contributed by atoms with Gasteiger partial charge in [-0.3, -0.25) is 14.4 Å². The van der Waals surface area contributed by atoms with Crippen molar-refractivity contribution in [3.8, 4) is 0 Å². The first-order valence-electron chi connectivity index (χ1n) is 7.62. The molecule has 0 radical (unpaired) electrons. The normalized spacial score (nSPS) is 11.0. The monoisotopic (exact) mass is 354 g/mol. The van der Waals surface area contributed by atoms with E-state index in [1.165, 1.54) is 4.90 Å². The number of amides is 2. The van der Waals surface area contributed by atoms with E-state index in [4.69, 9.17) is 16.7 Å². The third kappa shape index (κ3) is 7.00. The molecule has 0 aliphatic heterocycles. The molecule has 0 bridgehead atoms. The summed E-state index contributed by atoms with van der Waals surface area (Å²) in [5, 5.41) is 12.2. The lowest BCUT2D eigenvalue weighted by Crippen LogP contribution is -2.39. The third-order valence-corrected chi connectivity index (χ3v) is 3.52. The summed E-state index contributed by atoms with van der Waals surface area (Å²) >= 11 is 5.82. The fourth-order valence-electron chi connectivity index (χ4n) is 1.91. The molecular formula is C17H23ClN2O4. The molecule has 7 heteroatoms. The molecule has 132 valence electrons. The van der Waals surface area contributed by atoms with Crippen LogP contribution in [0.15, 0.2) is 24.3 Å². The summed E-state index contributed by atoms with van der Waals surface area (Å²) < 4.78 is 0. The predicted octanol–water partition coefficient (Wildman–Crippen LogP) is 2.31. The molecule has 1 rings (SSSR count). The van der Waals surface area contributed by atoms with Crippen molar-refractivity contribution < 1.29 is 19.5 Å². The molecule has 0 unspecified atom stereocenters. The van der Waals surface area contributed by atoms with Gasteiger partial charge in [0.05, 0.1) is 0 Å². The van der Waals surface area contributed by atoms with E-state index in [1.54, 1.807) is 45.0 Å². The Balaban J connectivity index is 2.63. The first-order chi connectivity index (χ1) is 11.1. The van der Waals surface area contributed by atoms with Crippen LogP contribution in [0.25, 0.3) is 0 Å². The maximum atomic E-state index is 12.3. The minimum Gasteiger partial charge on any atom is -0.480 e. The summed E-state index contributed by atoms with van der Waals surface area (Å²) in [5.41, 5.74) is 0.250. The minimum absolute atomic E-state index is 0.0443. The van der Waals surface area contributed by atoms with Crippen molar-refractivity contribution in [2.24, 2.45) is 5.41 Å². The molecule has 6 nitrogen and oxygen atoms in total. The number of hydrogen-bond donors (Lipinski definition) is 2. The second-order valence-corrected chi connectivity index (χ2v) is 6.96. The van der Waals surface area contributed by atoms with Crippen LogP contribution in [-0.4, -0.2) is 40.9 Å². The van der Waals surface area contributed by atoms with Crippen LogP contribution in [0.1, 0.15) is 32.8 Å². The molecule has 0 saturated heterocycles. The van der Waals surface area contributed by atoms with Gasteiger partial charge in [0.1, 0.15) is 6.54 Å². The second-order valence-electron chi connectivity index (χ2n) is 6.53. The molecular weight excluding hydrogens is 332 g/mol. The number of nitrogens with zero attached hydrogens (tertiary/aromatic N) is 1. The minimum atomic E-state index is -1.09. The van der Waals surface area contributed by atoms with E-state index in [-0.39, 0.29) is 31.3 Å². The standard InChI is InChI=1S/C17H23ClN2O4/c1-17(2,3)16(24)19-9-8-14(21)20(11-15(22)23)10-12-4-6-13(18)7-5-12/h4-7H,8-11H2,1-3H3,(H,19,24)(H,22,23). The van der Waals surface area contributed by atoms with E-state index in [0.717, 1.165) is 5.56 Å². The van der Waals surface area contributed by atoms with Crippen molar-refractivity contribution in [3.63, 3.8) is 0 Å². The van der Waals surface area contributed by atoms with Crippen LogP contribution in [0.2, 0.25) is 5.02 Å². The third-order valence-electron chi connectivity index (χ3n) is 3.27. The Morgan fingerprint density at radius 1 is 1.17 bits per heavy atom. The van der Waals surface area contributed by atoms with E-state index >= 15 is 0 Å². The van der Waals surface area contributed by atoms with Crippen molar-refractivity contribution >= 4 is 29.4 Å². The molecule has 2 N–H and O–H groups in total. The van der Waals surface area contributed by atoms with Gasteiger partial charge in [-0.25, -0.2) is 0 Å². The Hall–Kier alpha value is -2.08. The number of rotatable bonds is 7. The average Bonchev–Trinajstić information content (AvgIpc) is 2.47. The predicted molar refractivity (Wildman–Crippen MR) is 91.6 cm³/mol. The molecule has 0 aliphatic rings. The maximum Gasteiger partial charge on any atom is 0.323 e. The zero-order valence-corrected chi connectivity index (χ0v) is 14.9. The number of nitrogens with one attached hydrogen (secondary N) is 1. The zero-order chi connectivity index (χ0) is 18.3. The zero-order valence-electron chi connectivity index (χ0n) is 14.1. The molecule has 0 saturated carbocycles. The fraction of sp³-hybridized carbons (Fsp3) is 0.471. The molecule has 24 heavy (non-hydrogen) atoms. The van der Waals surface area contributed by atoms with E-state index in [2.05, 4.69) is 5.32 Å². The Morgan fingerprint density at radius 2 is 1.75 bits per heavy atom. The van der Waals surface area contributed by atoms with Gasteiger partial charge in [0.2, 0.25) is 11.8 Å². The highest BCUT2D eigenvalue weighted by Gasteiger charge is 2.22. The number of hydrogen-bond acceptors (Lipinski definition) is 3. The maximum absolute atomic E-state index is 12.3. The number of halogens is 1. The van der Waals surface area contributed by atoms with E-state index in [1.807, 2.05) is 0 Å². The number of carboxylic acids is 1. The lowest BCUT2D eigenvalue weighted by Gasteiger charge is -2.22. The van der Waals surface area contributed by atoms with E-state index in [0.29, 0.717) is 5.02 Å². The molecule has 0 fully saturated rings. The highest BCUT2D eigenvalue weighted by molar-refractivity contribution is 6.30. The summed E-state index contributed by atoms with van der Waals surface area (Å²) in [4.78, 5) is 36.3. The highest BCUT2D eigenvalue weighted by atomic mass is 35.5. The summed E-state index contributed by atoms with van der Waals surface area (Å²) in [5.74, 6) is -1.57. The number of benzene rings is 1. The van der Waals surface area contributed by atoms with Crippen molar-refractivity contribution in [1.82, 2.24) is 10.2 Å². The van der Waals surface area contributed by atoms with Crippen molar-refractivity contribution in [3.05, 3.63) is 34.9 Å². The van der Waals surface area contributed by atoms with Crippen LogP contribution in [-0.2, 0) is 20.9 Å². The molecule has 2 amide bonds.